The molecule has 2 heterocycles. The molecule has 2 aliphatic rings. The van der Waals surface area contributed by atoms with Gasteiger partial charge >= 0.3 is 0 Å². The van der Waals surface area contributed by atoms with Crippen LogP contribution in [0.25, 0.3) is 0 Å². The first-order chi connectivity index (χ1) is 10.7. The molecule has 106 valence electrons. The molecule has 0 radical (unpaired) electrons. The van der Waals surface area contributed by atoms with E-state index in [0.29, 0.717) is 9.81 Å². The molecule has 0 amide bonds. The van der Waals surface area contributed by atoms with Crippen LogP contribution < -0.4 is 0 Å². The fourth-order valence-corrected chi connectivity index (χ4v) is 4.44. The van der Waals surface area contributed by atoms with Crippen LogP contribution in [0.2, 0.25) is 0 Å². The van der Waals surface area contributed by atoms with E-state index < -0.39 is 0 Å². The van der Waals surface area contributed by atoms with Crippen molar-refractivity contribution in [3.8, 4) is 0 Å². The lowest BCUT2D eigenvalue weighted by molar-refractivity contribution is 0.103. The molecule has 2 aromatic carbocycles. The van der Waals surface area contributed by atoms with Gasteiger partial charge in [0.2, 0.25) is 11.6 Å². The number of allylic oxidation sites excluding steroid dienone is 4. The van der Waals surface area contributed by atoms with Gasteiger partial charge < -0.3 is 0 Å². The molecule has 0 saturated heterocycles. The van der Waals surface area contributed by atoms with Crippen molar-refractivity contribution in [3.63, 3.8) is 0 Å². The number of ketones is 2. The van der Waals surface area contributed by atoms with Crippen LogP contribution in [0.15, 0.2) is 80.3 Å². The fourth-order valence-electron chi connectivity index (χ4n) is 2.45. The third-order valence-corrected chi connectivity index (χ3v) is 5.77. The Hall–Kier alpha value is -2.04. The van der Waals surface area contributed by atoms with E-state index >= 15 is 0 Å². The Morgan fingerprint density at radius 2 is 1.05 bits per heavy atom. The largest absolute Gasteiger partial charge is 0.288 e. The van der Waals surface area contributed by atoms with Gasteiger partial charge in [-0.05, 0) is 36.4 Å². The van der Waals surface area contributed by atoms with Crippen molar-refractivity contribution in [1.29, 1.82) is 0 Å². The predicted octanol–water partition coefficient (Wildman–Crippen LogP) is 4.73. The molecule has 2 aliphatic heterocycles. The lowest BCUT2D eigenvalue weighted by Crippen LogP contribution is -1.95. The summed E-state index contributed by atoms with van der Waals surface area (Å²) in [6.45, 7) is 0. The van der Waals surface area contributed by atoms with E-state index in [1.165, 1.54) is 23.5 Å². The maximum absolute atomic E-state index is 12.3. The van der Waals surface area contributed by atoms with E-state index in [0.717, 1.165) is 20.9 Å². The monoisotopic (exact) mass is 322 g/mol. The molecule has 0 saturated carbocycles. The van der Waals surface area contributed by atoms with Gasteiger partial charge in [0.05, 0.1) is 9.81 Å². The minimum absolute atomic E-state index is 0.0328. The molecule has 0 atom stereocenters. The molecule has 0 spiro atoms. The summed E-state index contributed by atoms with van der Waals surface area (Å²) in [4.78, 5) is 27.9. The number of benzene rings is 2. The van der Waals surface area contributed by atoms with Gasteiger partial charge in [-0.2, -0.15) is 0 Å². The first kappa shape index (κ1) is 13.6. The molecule has 2 aromatic rings. The average Bonchev–Trinajstić information content (AvgIpc) is 3.04. The van der Waals surface area contributed by atoms with Crippen molar-refractivity contribution < 1.29 is 9.59 Å². The quantitative estimate of drug-likeness (QED) is 0.711. The number of fused-ring (bicyclic) bond motifs is 2. The summed E-state index contributed by atoms with van der Waals surface area (Å²) < 4.78 is 0. The third-order valence-electron chi connectivity index (χ3n) is 3.54. The van der Waals surface area contributed by atoms with E-state index in [1.807, 2.05) is 48.5 Å². The molecule has 0 aliphatic carbocycles. The highest BCUT2D eigenvalue weighted by molar-refractivity contribution is 8.05. The normalized spacial score (nSPS) is 19.8. The molecule has 0 bridgehead atoms. The van der Waals surface area contributed by atoms with Crippen LogP contribution in [-0.4, -0.2) is 11.6 Å². The van der Waals surface area contributed by atoms with Crippen molar-refractivity contribution in [2.24, 2.45) is 0 Å². The number of hydrogen-bond donors (Lipinski definition) is 0. The van der Waals surface area contributed by atoms with Crippen molar-refractivity contribution in [2.45, 2.75) is 9.79 Å². The van der Waals surface area contributed by atoms with Crippen LogP contribution in [0.5, 0.6) is 0 Å². The van der Waals surface area contributed by atoms with Gasteiger partial charge in [-0.3, -0.25) is 9.59 Å². The van der Waals surface area contributed by atoms with E-state index in [4.69, 9.17) is 0 Å². The maximum Gasteiger partial charge on any atom is 0.200 e. The molecule has 2 nitrogen and oxygen atoms in total. The summed E-state index contributed by atoms with van der Waals surface area (Å²) in [5, 5.41) is 0. The zero-order valence-corrected chi connectivity index (χ0v) is 13.0. The van der Waals surface area contributed by atoms with Gasteiger partial charge in [-0.1, -0.05) is 47.8 Å². The highest BCUT2D eigenvalue weighted by atomic mass is 32.2. The van der Waals surface area contributed by atoms with Gasteiger partial charge in [-0.25, -0.2) is 0 Å². The molecule has 0 aromatic heterocycles. The van der Waals surface area contributed by atoms with E-state index in [1.54, 1.807) is 12.2 Å². The van der Waals surface area contributed by atoms with Crippen LogP contribution in [-0.2, 0) is 0 Å². The molecule has 4 heteroatoms. The van der Waals surface area contributed by atoms with Crippen molar-refractivity contribution in [2.75, 3.05) is 0 Å². The zero-order chi connectivity index (χ0) is 15.1. The summed E-state index contributed by atoms with van der Waals surface area (Å²) in [7, 11) is 0. The fraction of sp³-hybridized carbons (Fsp3) is 0. The molecule has 22 heavy (non-hydrogen) atoms. The summed E-state index contributed by atoms with van der Waals surface area (Å²) in [5.41, 5.74) is 1.48. The highest BCUT2D eigenvalue weighted by Crippen LogP contribution is 2.42. The van der Waals surface area contributed by atoms with Crippen LogP contribution in [0, 0.1) is 0 Å². The smallest absolute Gasteiger partial charge is 0.200 e. The second-order valence-electron chi connectivity index (χ2n) is 4.92. The highest BCUT2D eigenvalue weighted by Gasteiger charge is 2.27. The zero-order valence-electron chi connectivity index (χ0n) is 11.4. The maximum atomic E-state index is 12.3. The van der Waals surface area contributed by atoms with E-state index in [2.05, 4.69) is 0 Å². The SMILES string of the molecule is O=C1/C(=C/C=C2\Sc3ccccc3C2=O)Sc2ccccc21. The van der Waals surface area contributed by atoms with Gasteiger partial charge in [-0.15, -0.1) is 0 Å². The minimum atomic E-state index is 0.0328. The Labute approximate surface area is 136 Å². The first-order valence-electron chi connectivity index (χ1n) is 6.79. The summed E-state index contributed by atoms with van der Waals surface area (Å²) >= 11 is 2.92. The Morgan fingerprint density at radius 1 is 0.636 bits per heavy atom. The number of rotatable bonds is 1. The molecule has 0 fully saturated rings. The standard InChI is InChI=1S/C18H10O2S2/c19-17-11-5-1-3-7-13(11)21-15(17)9-10-16-18(20)12-6-2-4-8-14(12)22-16/h1-10H/b15-9-,16-10-. The topological polar surface area (TPSA) is 34.1 Å². The molecular formula is C18H10O2S2. The summed E-state index contributed by atoms with van der Waals surface area (Å²) in [6.07, 6.45) is 3.53. The Morgan fingerprint density at radius 3 is 1.45 bits per heavy atom. The predicted molar refractivity (Wildman–Crippen MR) is 89.4 cm³/mol. The van der Waals surface area contributed by atoms with E-state index in [9.17, 15) is 9.59 Å². The van der Waals surface area contributed by atoms with Crippen LogP contribution in [0.1, 0.15) is 20.7 Å². The number of hydrogen-bond acceptors (Lipinski definition) is 4. The van der Waals surface area contributed by atoms with Crippen LogP contribution in [0.3, 0.4) is 0 Å². The lowest BCUT2D eigenvalue weighted by atomic mass is 10.1. The van der Waals surface area contributed by atoms with Gasteiger partial charge in [0.15, 0.2) is 0 Å². The number of carbonyl (C=O) groups is 2. The molecular weight excluding hydrogens is 312 g/mol. The second-order valence-corrected chi connectivity index (χ2v) is 7.08. The van der Waals surface area contributed by atoms with Crippen molar-refractivity contribution >= 4 is 35.1 Å². The van der Waals surface area contributed by atoms with Crippen LogP contribution >= 0.6 is 23.5 Å². The third kappa shape index (κ3) is 2.16. The Kier molecular flexibility index (Phi) is 3.28. The van der Waals surface area contributed by atoms with Crippen LogP contribution in [0.4, 0.5) is 0 Å². The molecule has 0 unspecified atom stereocenters. The van der Waals surface area contributed by atoms with Gasteiger partial charge in [0.1, 0.15) is 0 Å². The van der Waals surface area contributed by atoms with Gasteiger partial charge in [0.25, 0.3) is 0 Å². The van der Waals surface area contributed by atoms with Crippen molar-refractivity contribution in [3.05, 3.63) is 81.6 Å². The number of Topliss-reactive ketones (excluding diaryl/α,β-unsaturated/α-hetero) is 2. The summed E-state index contributed by atoms with van der Waals surface area (Å²) in [6, 6.07) is 15.1. The number of thioether (sulfide) groups is 2. The number of carbonyl (C=O) groups excluding carboxylic acids is 2. The molecule has 0 N–H and O–H groups in total. The minimum Gasteiger partial charge on any atom is -0.288 e. The van der Waals surface area contributed by atoms with Gasteiger partial charge in [0, 0.05) is 20.9 Å². The first-order valence-corrected chi connectivity index (χ1v) is 8.42. The summed E-state index contributed by atoms with van der Waals surface area (Å²) in [5.74, 6) is 0.0656. The lowest BCUT2D eigenvalue weighted by Gasteiger charge is -1.93. The Balaban J connectivity index is 1.64. The average molecular weight is 322 g/mol. The van der Waals surface area contributed by atoms with Crippen molar-refractivity contribution in [1.82, 2.24) is 0 Å². The molecule has 4 rings (SSSR count). The Bertz CT molecular complexity index is 805. The second kappa shape index (κ2) is 5.30. The van der Waals surface area contributed by atoms with E-state index in [-0.39, 0.29) is 11.6 Å².